The molecule has 3 heteroatoms. The van der Waals surface area contributed by atoms with Crippen LogP contribution in [0.15, 0.2) is 42.7 Å². The third-order valence-corrected chi connectivity index (χ3v) is 3.32. The second-order valence-corrected chi connectivity index (χ2v) is 4.87. The van der Waals surface area contributed by atoms with Crippen LogP contribution in [0.3, 0.4) is 0 Å². The second-order valence-electron chi connectivity index (χ2n) is 4.87. The summed E-state index contributed by atoms with van der Waals surface area (Å²) in [5.41, 5.74) is 10.7. The van der Waals surface area contributed by atoms with Crippen molar-refractivity contribution in [3.05, 3.63) is 59.4 Å². The molecular weight excluding hydrogens is 234 g/mol. The Labute approximate surface area is 115 Å². The van der Waals surface area contributed by atoms with Crippen molar-refractivity contribution in [2.45, 2.75) is 19.9 Å². The molecule has 100 valence electrons. The fourth-order valence-corrected chi connectivity index (χ4v) is 2.21. The number of hydrogen-bond acceptors (Lipinski definition) is 3. The number of pyridine rings is 1. The average molecular weight is 255 g/mol. The first kappa shape index (κ1) is 13.6. The van der Waals surface area contributed by atoms with E-state index < -0.39 is 0 Å². The molecule has 0 bridgehead atoms. The van der Waals surface area contributed by atoms with Crippen LogP contribution >= 0.6 is 0 Å². The van der Waals surface area contributed by atoms with Crippen molar-refractivity contribution in [2.24, 2.45) is 5.73 Å². The third kappa shape index (κ3) is 3.55. The van der Waals surface area contributed by atoms with Crippen LogP contribution in [0.5, 0.6) is 0 Å². The van der Waals surface area contributed by atoms with Crippen LogP contribution in [0.25, 0.3) is 0 Å². The number of rotatable bonds is 5. The topological polar surface area (TPSA) is 42.2 Å². The maximum absolute atomic E-state index is 5.61. The Bertz CT molecular complexity index is 523. The number of aromatic nitrogens is 1. The Kier molecular flexibility index (Phi) is 4.53. The van der Waals surface area contributed by atoms with Crippen molar-refractivity contribution in [1.82, 2.24) is 4.98 Å². The fraction of sp³-hybridized carbons (Fsp3) is 0.312. The van der Waals surface area contributed by atoms with Gasteiger partial charge in [-0.1, -0.05) is 12.1 Å². The number of nitrogens with zero attached hydrogens (tertiary/aromatic N) is 2. The molecule has 0 atom stereocenters. The van der Waals surface area contributed by atoms with Gasteiger partial charge in [0.2, 0.25) is 0 Å². The zero-order valence-corrected chi connectivity index (χ0v) is 11.6. The second kappa shape index (κ2) is 6.34. The van der Waals surface area contributed by atoms with Gasteiger partial charge in [0.25, 0.3) is 0 Å². The van der Waals surface area contributed by atoms with Crippen molar-refractivity contribution < 1.29 is 0 Å². The summed E-state index contributed by atoms with van der Waals surface area (Å²) in [5, 5.41) is 0. The molecule has 0 saturated carbocycles. The smallest absolute Gasteiger partial charge is 0.0441 e. The highest BCUT2D eigenvalue weighted by Gasteiger charge is 2.05. The lowest BCUT2D eigenvalue weighted by Crippen LogP contribution is -2.16. The first-order valence-electron chi connectivity index (χ1n) is 6.60. The highest BCUT2D eigenvalue weighted by atomic mass is 15.1. The van der Waals surface area contributed by atoms with Crippen molar-refractivity contribution in [1.29, 1.82) is 0 Å². The molecule has 0 unspecified atom stereocenters. The minimum Gasteiger partial charge on any atom is -0.370 e. The number of aryl methyl sites for hydroxylation is 1. The van der Waals surface area contributed by atoms with Crippen LogP contribution in [-0.2, 0) is 13.0 Å². The first-order valence-corrected chi connectivity index (χ1v) is 6.60. The number of hydrogen-bond donors (Lipinski definition) is 1. The van der Waals surface area contributed by atoms with E-state index in [1.165, 1.54) is 22.4 Å². The molecule has 2 rings (SSSR count). The number of anilines is 1. The minimum atomic E-state index is 0.700. The average Bonchev–Trinajstić information content (AvgIpc) is 2.42. The van der Waals surface area contributed by atoms with E-state index in [9.17, 15) is 0 Å². The van der Waals surface area contributed by atoms with Gasteiger partial charge in [-0.2, -0.15) is 0 Å². The standard InChI is InChI=1S/C16H21N3/c1-13-10-16(6-5-15(13)7-8-17)19(2)12-14-4-3-9-18-11-14/h3-6,9-11H,7-8,12,17H2,1-2H3. The summed E-state index contributed by atoms with van der Waals surface area (Å²) < 4.78 is 0. The van der Waals surface area contributed by atoms with Gasteiger partial charge in [0, 0.05) is 31.7 Å². The minimum absolute atomic E-state index is 0.700. The SMILES string of the molecule is Cc1cc(N(C)Cc2cccnc2)ccc1CCN. The van der Waals surface area contributed by atoms with E-state index in [1.807, 2.05) is 12.3 Å². The first-order chi connectivity index (χ1) is 9.20. The van der Waals surface area contributed by atoms with E-state index in [-0.39, 0.29) is 0 Å². The molecule has 1 heterocycles. The van der Waals surface area contributed by atoms with E-state index in [0.717, 1.165) is 13.0 Å². The highest BCUT2D eigenvalue weighted by molar-refractivity contribution is 5.50. The summed E-state index contributed by atoms with van der Waals surface area (Å²) in [5.74, 6) is 0. The molecule has 0 amide bonds. The van der Waals surface area contributed by atoms with E-state index in [2.05, 4.69) is 48.1 Å². The Balaban J connectivity index is 2.11. The fourth-order valence-electron chi connectivity index (χ4n) is 2.21. The van der Waals surface area contributed by atoms with Gasteiger partial charge >= 0.3 is 0 Å². The van der Waals surface area contributed by atoms with Crippen LogP contribution in [0.2, 0.25) is 0 Å². The van der Waals surface area contributed by atoms with Crippen LogP contribution in [0.1, 0.15) is 16.7 Å². The molecule has 0 spiro atoms. The maximum atomic E-state index is 5.61. The number of nitrogens with two attached hydrogens (primary N) is 1. The molecule has 1 aromatic heterocycles. The van der Waals surface area contributed by atoms with Crippen LogP contribution in [-0.4, -0.2) is 18.6 Å². The lowest BCUT2D eigenvalue weighted by molar-refractivity contribution is 0.909. The van der Waals surface area contributed by atoms with Crippen molar-refractivity contribution in [3.8, 4) is 0 Å². The summed E-state index contributed by atoms with van der Waals surface area (Å²) in [6.07, 6.45) is 4.65. The van der Waals surface area contributed by atoms with Gasteiger partial charge in [-0.3, -0.25) is 4.98 Å². The molecule has 0 aliphatic heterocycles. The zero-order chi connectivity index (χ0) is 13.7. The van der Waals surface area contributed by atoms with Crippen molar-refractivity contribution >= 4 is 5.69 Å². The Hall–Kier alpha value is -1.87. The molecule has 0 fully saturated rings. The lowest BCUT2D eigenvalue weighted by Gasteiger charge is -2.20. The molecule has 0 aliphatic carbocycles. The molecular formula is C16H21N3. The third-order valence-electron chi connectivity index (χ3n) is 3.32. The largest absolute Gasteiger partial charge is 0.370 e. The van der Waals surface area contributed by atoms with E-state index in [0.29, 0.717) is 6.54 Å². The molecule has 0 aliphatic rings. The molecule has 1 aromatic carbocycles. The summed E-state index contributed by atoms with van der Waals surface area (Å²) in [4.78, 5) is 6.38. The van der Waals surface area contributed by atoms with Gasteiger partial charge in [-0.05, 0) is 54.8 Å². The molecule has 2 aromatic rings. The normalized spacial score (nSPS) is 10.5. The summed E-state index contributed by atoms with van der Waals surface area (Å²) in [6.45, 7) is 3.71. The van der Waals surface area contributed by atoms with Gasteiger partial charge in [0.15, 0.2) is 0 Å². The maximum Gasteiger partial charge on any atom is 0.0441 e. The predicted molar refractivity (Wildman–Crippen MR) is 80.3 cm³/mol. The van der Waals surface area contributed by atoms with Crippen LogP contribution < -0.4 is 10.6 Å². The molecule has 0 saturated heterocycles. The summed E-state index contributed by atoms with van der Waals surface area (Å²) >= 11 is 0. The van der Waals surface area contributed by atoms with Gasteiger partial charge in [-0.15, -0.1) is 0 Å². The van der Waals surface area contributed by atoms with Gasteiger partial charge in [0.1, 0.15) is 0 Å². The Morgan fingerprint density at radius 3 is 2.74 bits per heavy atom. The predicted octanol–water partition coefficient (Wildman–Crippen LogP) is 2.53. The van der Waals surface area contributed by atoms with Crippen molar-refractivity contribution in [3.63, 3.8) is 0 Å². The highest BCUT2D eigenvalue weighted by Crippen LogP contribution is 2.20. The van der Waals surface area contributed by atoms with Crippen molar-refractivity contribution in [2.75, 3.05) is 18.5 Å². The molecule has 19 heavy (non-hydrogen) atoms. The van der Waals surface area contributed by atoms with E-state index >= 15 is 0 Å². The molecule has 0 radical (unpaired) electrons. The van der Waals surface area contributed by atoms with Gasteiger partial charge < -0.3 is 10.6 Å². The Morgan fingerprint density at radius 2 is 2.11 bits per heavy atom. The van der Waals surface area contributed by atoms with E-state index in [4.69, 9.17) is 5.73 Å². The zero-order valence-electron chi connectivity index (χ0n) is 11.6. The lowest BCUT2D eigenvalue weighted by atomic mass is 10.0. The van der Waals surface area contributed by atoms with Crippen LogP contribution in [0, 0.1) is 6.92 Å². The Morgan fingerprint density at radius 1 is 1.26 bits per heavy atom. The van der Waals surface area contributed by atoms with Crippen LogP contribution in [0.4, 0.5) is 5.69 Å². The summed E-state index contributed by atoms with van der Waals surface area (Å²) in [6, 6.07) is 10.6. The summed E-state index contributed by atoms with van der Waals surface area (Å²) in [7, 11) is 2.10. The molecule has 3 nitrogen and oxygen atoms in total. The monoisotopic (exact) mass is 255 g/mol. The number of benzene rings is 1. The van der Waals surface area contributed by atoms with Gasteiger partial charge in [-0.25, -0.2) is 0 Å². The molecule has 2 N–H and O–H groups in total. The van der Waals surface area contributed by atoms with E-state index in [1.54, 1.807) is 6.20 Å². The quantitative estimate of drug-likeness (QED) is 0.892. The van der Waals surface area contributed by atoms with Gasteiger partial charge in [0.05, 0.1) is 0 Å².